The first-order valence-electron chi connectivity index (χ1n) is 6.05. The summed E-state index contributed by atoms with van der Waals surface area (Å²) in [6.45, 7) is 1.77. The summed E-state index contributed by atoms with van der Waals surface area (Å²) in [7, 11) is -6.24. The van der Waals surface area contributed by atoms with Gasteiger partial charge in [0.25, 0.3) is 10.2 Å². The Balaban J connectivity index is 2.32. The van der Waals surface area contributed by atoms with Crippen LogP contribution in [0.1, 0.15) is 6.42 Å². The Bertz CT molecular complexity index is 543. The lowest BCUT2D eigenvalue weighted by molar-refractivity contribution is 0.402. The van der Waals surface area contributed by atoms with Crippen LogP contribution in [0.15, 0.2) is 0 Å². The van der Waals surface area contributed by atoms with E-state index in [-0.39, 0.29) is 18.1 Å². The molecule has 2 rings (SSSR count). The van der Waals surface area contributed by atoms with E-state index in [1.165, 1.54) is 4.31 Å². The standard InChI is InChI=1S/C9H17N3O4S3/c13-18(14)9-8-10-2-1-3-12(9)19(15,16)11-4-6-17-7-5-11/h10H,1-8H2. The fourth-order valence-corrected chi connectivity index (χ4v) is 5.74. The van der Waals surface area contributed by atoms with E-state index in [2.05, 4.69) is 5.32 Å². The first-order valence-corrected chi connectivity index (χ1v) is 9.67. The van der Waals surface area contributed by atoms with Gasteiger partial charge < -0.3 is 5.32 Å². The van der Waals surface area contributed by atoms with Crippen molar-refractivity contribution in [2.75, 3.05) is 44.2 Å². The van der Waals surface area contributed by atoms with Crippen molar-refractivity contribution in [3.05, 3.63) is 0 Å². The van der Waals surface area contributed by atoms with Gasteiger partial charge >= 0.3 is 0 Å². The molecular weight excluding hydrogens is 310 g/mol. The summed E-state index contributed by atoms with van der Waals surface area (Å²) < 4.78 is 50.0. The second kappa shape index (κ2) is 6.55. The number of hydrogen-bond donors (Lipinski definition) is 1. The average molecular weight is 327 g/mol. The smallest absolute Gasteiger partial charge is 0.286 e. The van der Waals surface area contributed by atoms with Gasteiger partial charge in [0.2, 0.25) is 10.3 Å². The van der Waals surface area contributed by atoms with Crippen LogP contribution in [0, 0.1) is 0 Å². The normalized spacial score (nSPS) is 24.1. The topological polar surface area (TPSA) is 86.8 Å². The molecule has 1 N–H and O–H groups in total. The minimum absolute atomic E-state index is 0.0674. The van der Waals surface area contributed by atoms with Crippen molar-refractivity contribution in [3.63, 3.8) is 0 Å². The van der Waals surface area contributed by atoms with Gasteiger partial charge in [-0.15, -0.1) is 4.31 Å². The molecule has 0 aromatic rings. The highest BCUT2D eigenvalue weighted by molar-refractivity contribution is 7.99. The van der Waals surface area contributed by atoms with Crippen LogP contribution in [0.4, 0.5) is 0 Å². The largest absolute Gasteiger partial charge is 0.311 e. The first-order chi connectivity index (χ1) is 9.03. The van der Waals surface area contributed by atoms with Gasteiger partial charge in [-0.3, -0.25) is 0 Å². The van der Waals surface area contributed by atoms with Gasteiger partial charge in [0.1, 0.15) is 4.99 Å². The van der Waals surface area contributed by atoms with Gasteiger partial charge in [-0.25, -0.2) is 0 Å². The fourth-order valence-electron chi connectivity index (χ4n) is 2.06. The molecule has 19 heavy (non-hydrogen) atoms. The quantitative estimate of drug-likeness (QED) is 0.627. The highest BCUT2D eigenvalue weighted by Crippen LogP contribution is 2.17. The van der Waals surface area contributed by atoms with E-state index >= 15 is 0 Å². The van der Waals surface area contributed by atoms with E-state index in [1.54, 1.807) is 11.8 Å². The van der Waals surface area contributed by atoms with Crippen LogP contribution in [0.2, 0.25) is 0 Å². The second-order valence-corrected chi connectivity index (χ2v) is 8.27. The van der Waals surface area contributed by atoms with Crippen molar-refractivity contribution in [1.82, 2.24) is 13.9 Å². The number of nitrogens with zero attached hydrogens (tertiary/aromatic N) is 2. The molecule has 2 aliphatic heterocycles. The van der Waals surface area contributed by atoms with Crippen molar-refractivity contribution < 1.29 is 16.8 Å². The molecule has 0 aliphatic carbocycles. The maximum absolute atomic E-state index is 12.5. The van der Waals surface area contributed by atoms with E-state index < -0.39 is 20.5 Å². The molecular formula is C9H17N3O4S3. The van der Waals surface area contributed by atoms with Crippen LogP contribution < -0.4 is 5.32 Å². The Hall–Kier alpha value is -0.130. The monoisotopic (exact) mass is 327 g/mol. The molecule has 0 spiro atoms. The highest BCUT2D eigenvalue weighted by Gasteiger charge is 2.35. The molecule has 0 atom stereocenters. The van der Waals surface area contributed by atoms with Crippen molar-refractivity contribution in [2.45, 2.75) is 6.42 Å². The predicted octanol–water partition coefficient (Wildman–Crippen LogP) is -1.42. The second-order valence-electron chi connectivity index (χ2n) is 4.25. The molecule has 10 heteroatoms. The summed E-state index contributed by atoms with van der Waals surface area (Å²) in [6.07, 6.45) is 0.600. The van der Waals surface area contributed by atoms with Gasteiger partial charge in [0.15, 0.2) is 0 Å². The molecule has 0 saturated carbocycles. The van der Waals surface area contributed by atoms with Gasteiger partial charge in [-0.05, 0) is 13.0 Å². The van der Waals surface area contributed by atoms with Crippen molar-refractivity contribution in [3.8, 4) is 0 Å². The zero-order chi connectivity index (χ0) is 13.9. The zero-order valence-corrected chi connectivity index (χ0v) is 12.9. The molecule has 0 bridgehead atoms. The molecule has 110 valence electrons. The van der Waals surface area contributed by atoms with Gasteiger partial charge in [-0.1, -0.05) is 0 Å². The van der Waals surface area contributed by atoms with Crippen molar-refractivity contribution in [1.29, 1.82) is 0 Å². The lowest BCUT2D eigenvalue weighted by atomic mass is 10.4. The zero-order valence-electron chi connectivity index (χ0n) is 10.4. The highest BCUT2D eigenvalue weighted by atomic mass is 32.2. The van der Waals surface area contributed by atoms with Crippen LogP contribution >= 0.6 is 11.8 Å². The molecule has 2 saturated heterocycles. The third-order valence-electron chi connectivity index (χ3n) is 3.04. The lowest BCUT2D eigenvalue weighted by Crippen LogP contribution is -2.50. The van der Waals surface area contributed by atoms with E-state index in [9.17, 15) is 16.8 Å². The molecule has 2 fully saturated rings. The minimum atomic E-state index is -3.72. The van der Waals surface area contributed by atoms with Crippen molar-refractivity contribution >= 4 is 37.3 Å². The Kier molecular flexibility index (Phi) is 5.26. The molecule has 0 amide bonds. The summed E-state index contributed by atoms with van der Waals surface area (Å²) in [5.74, 6) is 1.50. The Morgan fingerprint density at radius 3 is 2.47 bits per heavy atom. The third-order valence-corrected chi connectivity index (χ3v) is 6.82. The summed E-state index contributed by atoms with van der Waals surface area (Å²) >= 11 is 1.71. The van der Waals surface area contributed by atoms with E-state index in [1.807, 2.05) is 0 Å². The summed E-state index contributed by atoms with van der Waals surface area (Å²) in [4.78, 5) is -0.0873. The Morgan fingerprint density at radius 2 is 1.84 bits per heavy atom. The summed E-state index contributed by atoms with van der Waals surface area (Å²) in [5, 5.41) is 2.92. The van der Waals surface area contributed by atoms with Gasteiger partial charge in [0, 0.05) is 37.7 Å². The van der Waals surface area contributed by atoms with E-state index in [4.69, 9.17) is 0 Å². The predicted molar refractivity (Wildman–Crippen MR) is 75.9 cm³/mol. The number of hydrogen-bond acceptors (Lipinski definition) is 6. The average Bonchev–Trinajstić information content (AvgIpc) is 2.65. The molecule has 0 aromatic carbocycles. The van der Waals surface area contributed by atoms with Crippen LogP contribution in [0.3, 0.4) is 0 Å². The molecule has 7 nitrogen and oxygen atoms in total. The number of nitrogens with one attached hydrogen (secondary N) is 1. The Labute approximate surface area is 119 Å². The fraction of sp³-hybridized carbons (Fsp3) is 0.889. The SMILES string of the molecule is O=S(=O)=C1CNCCCN1S(=O)(=O)N1CCSCC1. The van der Waals surface area contributed by atoms with Gasteiger partial charge in [-0.2, -0.15) is 32.9 Å². The van der Waals surface area contributed by atoms with Crippen molar-refractivity contribution in [2.24, 2.45) is 0 Å². The van der Waals surface area contributed by atoms with Crippen LogP contribution in [-0.4, -0.2) is 74.7 Å². The molecule has 2 heterocycles. The minimum Gasteiger partial charge on any atom is -0.311 e. The van der Waals surface area contributed by atoms with E-state index in [0.717, 1.165) is 15.8 Å². The number of rotatable bonds is 2. The van der Waals surface area contributed by atoms with Crippen LogP contribution in [0.5, 0.6) is 0 Å². The summed E-state index contributed by atoms with van der Waals surface area (Å²) in [5.41, 5.74) is 0. The lowest BCUT2D eigenvalue weighted by Gasteiger charge is -2.30. The molecule has 2 aliphatic rings. The maximum Gasteiger partial charge on any atom is 0.286 e. The third kappa shape index (κ3) is 3.50. The molecule has 0 unspecified atom stereocenters. The molecule has 0 aromatic heterocycles. The van der Waals surface area contributed by atoms with Crippen LogP contribution in [0.25, 0.3) is 0 Å². The molecule has 0 radical (unpaired) electrons. The van der Waals surface area contributed by atoms with Crippen LogP contribution in [-0.2, 0) is 20.5 Å². The van der Waals surface area contributed by atoms with Gasteiger partial charge in [0.05, 0.1) is 0 Å². The Morgan fingerprint density at radius 1 is 1.16 bits per heavy atom. The summed E-state index contributed by atoms with van der Waals surface area (Å²) in [6, 6.07) is 0. The number of thioether (sulfide) groups is 1. The maximum atomic E-state index is 12.5. The first kappa shape index (κ1) is 15.3. The van der Waals surface area contributed by atoms with E-state index in [0.29, 0.717) is 26.1 Å².